The summed E-state index contributed by atoms with van der Waals surface area (Å²) in [4.78, 5) is 30.1. The van der Waals surface area contributed by atoms with Gasteiger partial charge in [0.1, 0.15) is 11.6 Å². The molecule has 0 aliphatic carbocycles. The van der Waals surface area contributed by atoms with Crippen LogP contribution in [0.2, 0.25) is 0 Å². The molecule has 0 aliphatic heterocycles. The summed E-state index contributed by atoms with van der Waals surface area (Å²) in [6.45, 7) is 1.85. The van der Waals surface area contributed by atoms with Gasteiger partial charge < -0.3 is 4.42 Å². The highest BCUT2D eigenvalue weighted by Gasteiger charge is 2.14. The molecule has 3 heterocycles. The first-order chi connectivity index (χ1) is 14.5. The summed E-state index contributed by atoms with van der Waals surface area (Å²) in [5.41, 5.74) is 6.21. The standard InChI is InChI=1S/C21H16FN3O3S2/c1-12-2-7-16(28-12)21-23-15(11-29-21)10-19(26)24-25-20(27)18-9-8-17(30-18)13-3-5-14(22)6-4-13/h2-9,11H,10H2,1H3,(H,24,26)(H,25,27). The molecule has 0 saturated heterocycles. The van der Waals surface area contributed by atoms with Gasteiger partial charge in [-0.1, -0.05) is 12.1 Å². The molecule has 30 heavy (non-hydrogen) atoms. The summed E-state index contributed by atoms with van der Waals surface area (Å²) in [6, 6.07) is 13.2. The first-order valence-electron chi connectivity index (χ1n) is 8.94. The molecular formula is C21H16FN3O3S2. The molecule has 0 radical (unpaired) electrons. The van der Waals surface area contributed by atoms with Gasteiger partial charge in [0.15, 0.2) is 10.8 Å². The van der Waals surface area contributed by atoms with Gasteiger partial charge in [-0.05, 0) is 48.9 Å². The molecule has 0 aliphatic rings. The van der Waals surface area contributed by atoms with Gasteiger partial charge in [0.25, 0.3) is 5.91 Å². The van der Waals surface area contributed by atoms with Crippen molar-refractivity contribution in [2.45, 2.75) is 13.3 Å². The predicted octanol–water partition coefficient (Wildman–Crippen LogP) is 4.58. The lowest BCUT2D eigenvalue weighted by Crippen LogP contribution is -2.42. The van der Waals surface area contributed by atoms with E-state index in [2.05, 4.69) is 15.8 Å². The SMILES string of the molecule is Cc1ccc(-c2nc(CC(=O)NNC(=O)c3ccc(-c4ccc(F)cc4)s3)cs2)o1. The molecule has 152 valence electrons. The van der Waals surface area contributed by atoms with E-state index in [1.54, 1.807) is 29.6 Å². The molecule has 2 N–H and O–H groups in total. The highest BCUT2D eigenvalue weighted by atomic mass is 32.1. The average Bonchev–Trinajstić information content (AvgIpc) is 3.47. The summed E-state index contributed by atoms with van der Waals surface area (Å²) >= 11 is 2.64. The Morgan fingerprint density at radius 2 is 1.87 bits per heavy atom. The minimum atomic E-state index is -0.424. The maximum absolute atomic E-state index is 13.0. The van der Waals surface area contributed by atoms with Gasteiger partial charge in [-0.2, -0.15) is 0 Å². The lowest BCUT2D eigenvalue weighted by Gasteiger charge is -2.05. The molecule has 4 aromatic rings. The van der Waals surface area contributed by atoms with Crippen LogP contribution >= 0.6 is 22.7 Å². The van der Waals surface area contributed by atoms with Gasteiger partial charge in [0.05, 0.1) is 17.0 Å². The topological polar surface area (TPSA) is 84.2 Å². The Morgan fingerprint density at radius 3 is 2.60 bits per heavy atom. The molecule has 9 heteroatoms. The van der Waals surface area contributed by atoms with Crippen LogP contribution in [0, 0.1) is 12.7 Å². The van der Waals surface area contributed by atoms with Gasteiger partial charge in [-0.15, -0.1) is 22.7 Å². The van der Waals surface area contributed by atoms with Crippen LogP contribution in [0.4, 0.5) is 4.39 Å². The van der Waals surface area contributed by atoms with Gasteiger partial charge in [-0.3, -0.25) is 20.4 Å². The van der Waals surface area contributed by atoms with E-state index < -0.39 is 5.91 Å². The molecule has 0 spiro atoms. The zero-order valence-electron chi connectivity index (χ0n) is 15.8. The van der Waals surface area contributed by atoms with Gasteiger partial charge >= 0.3 is 0 Å². The molecule has 6 nitrogen and oxygen atoms in total. The van der Waals surface area contributed by atoms with Crippen LogP contribution < -0.4 is 10.9 Å². The number of furan rings is 1. The fourth-order valence-corrected chi connectivity index (χ4v) is 4.36. The lowest BCUT2D eigenvalue weighted by molar-refractivity contribution is -0.121. The van der Waals surface area contributed by atoms with Crippen molar-refractivity contribution in [3.05, 3.63) is 76.1 Å². The van der Waals surface area contributed by atoms with Crippen LogP contribution in [0.15, 0.2) is 58.3 Å². The van der Waals surface area contributed by atoms with Crippen LogP contribution in [0.3, 0.4) is 0 Å². The van der Waals surface area contributed by atoms with Crippen molar-refractivity contribution >= 4 is 34.5 Å². The van der Waals surface area contributed by atoms with E-state index in [1.165, 1.54) is 34.8 Å². The van der Waals surface area contributed by atoms with Crippen LogP contribution in [0.5, 0.6) is 0 Å². The summed E-state index contributed by atoms with van der Waals surface area (Å²) in [7, 11) is 0. The number of amides is 2. The van der Waals surface area contributed by atoms with Crippen molar-refractivity contribution < 1.29 is 18.4 Å². The third-order valence-corrected chi connectivity index (χ3v) is 6.16. The summed E-state index contributed by atoms with van der Waals surface area (Å²) < 4.78 is 18.6. The Bertz CT molecular complexity index is 1190. The number of thiophene rings is 1. The Balaban J connectivity index is 1.31. The fourth-order valence-electron chi connectivity index (χ4n) is 2.68. The minimum Gasteiger partial charge on any atom is -0.459 e. The van der Waals surface area contributed by atoms with Crippen molar-refractivity contribution in [3.8, 4) is 21.2 Å². The Hall–Kier alpha value is -3.30. The molecule has 0 bridgehead atoms. The molecular weight excluding hydrogens is 425 g/mol. The van der Waals surface area contributed by atoms with Crippen molar-refractivity contribution in [2.75, 3.05) is 0 Å². The Kier molecular flexibility index (Phi) is 5.73. The number of halogens is 1. The zero-order chi connectivity index (χ0) is 21.1. The quantitative estimate of drug-likeness (QED) is 0.444. The number of aromatic nitrogens is 1. The first kappa shape index (κ1) is 20.0. The van der Waals surface area contributed by atoms with E-state index >= 15 is 0 Å². The number of hydrogen-bond donors (Lipinski definition) is 2. The van der Waals surface area contributed by atoms with Crippen molar-refractivity contribution in [3.63, 3.8) is 0 Å². The number of benzene rings is 1. The highest BCUT2D eigenvalue weighted by Crippen LogP contribution is 2.28. The molecule has 2 amide bonds. The number of aryl methyl sites for hydroxylation is 1. The number of nitrogens with zero attached hydrogens (tertiary/aromatic N) is 1. The average molecular weight is 442 g/mol. The molecule has 0 unspecified atom stereocenters. The monoisotopic (exact) mass is 441 g/mol. The number of nitrogens with one attached hydrogen (secondary N) is 2. The van der Waals surface area contributed by atoms with Crippen molar-refractivity contribution in [1.29, 1.82) is 0 Å². The second-order valence-electron chi connectivity index (χ2n) is 6.40. The van der Waals surface area contributed by atoms with Crippen LogP contribution in [-0.4, -0.2) is 16.8 Å². The fraction of sp³-hybridized carbons (Fsp3) is 0.0952. The van der Waals surface area contributed by atoms with Gasteiger partial charge in [0, 0.05) is 10.3 Å². The highest BCUT2D eigenvalue weighted by molar-refractivity contribution is 7.17. The lowest BCUT2D eigenvalue weighted by atomic mass is 10.2. The third kappa shape index (κ3) is 4.64. The normalized spacial score (nSPS) is 10.7. The number of carbonyl (C=O) groups excluding carboxylic acids is 2. The molecule has 0 atom stereocenters. The minimum absolute atomic E-state index is 0.0295. The molecule has 1 aromatic carbocycles. The molecule has 4 rings (SSSR count). The van der Waals surface area contributed by atoms with Crippen LogP contribution in [0.25, 0.3) is 21.2 Å². The van der Waals surface area contributed by atoms with E-state index in [4.69, 9.17) is 4.42 Å². The number of hydrogen-bond acceptors (Lipinski definition) is 6. The van der Waals surface area contributed by atoms with E-state index in [0.29, 0.717) is 21.3 Å². The second kappa shape index (κ2) is 8.60. The number of thiazole rings is 1. The Morgan fingerprint density at radius 1 is 1.07 bits per heavy atom. The van der Waals surface area contributed by atoms with E-state index in [-0.39, 0.29) is 18.1 Å². The van der Waals surface area contributed by atoms with Crippen molar-refractivity contribution in [1.82, 2.24) is 15.8 Å². The zero-order valence-corrected chi connectivity index (χ0v) is 17.4. The summed E-state index contributed by atoms with van der Waals surface area (Å²) in [6.07, 6.45) is 0.0295. The first-order valence-corrected chi connectivity index (χ1v) is 10.6. The maximum atomic E-state index is 13.0. The number of carbonyl (C=O) groups is 2. The number of hydrazine groups is 1. The van der Waals surface area contributed by atoms with Crippen LogP contribution in [0.1, 0.15) is 21.1 Å². The maximum Gasteiger partial charge on any atom is 0.279 e. The molecule has 0 fully saturated rings. The van der Waals surface area contributed by atoms with Gasteiger partial charge in [0.2, 0.25) is 5.91 Å². The smallest absolute Gasteiger partial charge is 0.279 e. The van der Waals surface area contributed by atoms with E-state index in [9.17, 15) is 14.0 Å². The third-order valence-electron chi connectivity index (χ3n) is 4.12. The second-order valence-corrected chi connectivity index (χ2v) is 8.35. The summed E-state index contributed by atoms with van der Waals surface area (Å²) in [5.74, 6) is 0.325. The number of rotatable bonds is 5. The van der Waals surface area contributed by atoms with Crippen LogP contribution in [-0.2, 0) is 11.2 Å². The molecule has 3 aromatic heterocycles. The van der Waals surface area contributed by atoms with E-state index in [1.807, 2.05) is 19.1 Å². The molecule has 0 saturated carbocycles. The summed E-state index contributed by atoms with van der Waals surface area (Å²) in [5, 5.41) is 2.48. The Labute approximate surface area is 179 Å². The predicted molar refractivity (Wildman–Crippen MR) is 114 cm³/mol. The largest absolute Gasteiger partial charge is 0.459 e. The van der Waals surface area contributed by atoms with E-state index in [0.717, 1.165) is 16.2 Å². The van der Waals surface area contributed by atoms with Crippen molar-refractivity contribution in [2.24, 2.45) is 0 Å². The van der Waals surface area contributed by atoms with Gasteiger partial charge in [-0.25, -0.2) is 9.37 Å².